The van der Waals surface area contributed by atoms with Crippen LogP contribution in [0.15, 0.2) is 35.7 Å². The number of hydrogen-bond donors (Lipinski definition) is 2. The SMILES string of the molecule is C/C=C(\C=C/C=C(N)N)C(C)C. The molecule has 0 aliphatic carbocycles. The van der Waals surface area contributed by atoms with Crippen LogP contribution in [0.5, 0.6) is 0 Å². The van der Waals surface area contributed by atoms with E-state index in [1.165, 1.54) is 5.57 Å². The molecule has 0 amide bonds. The van der Waals surface area contributed by atoms with Crippen molar-refractivity contribution in [3.05, 3.63) is 35.7 Å². The molecule has 0 bridgehead atoms. The third-order valence-corrected chi connectivity index (χ3v) is 1.58. The molecule has 0 radical (unpaired) electrons. The summed E-state index contributed by atoms with van der Waals surface area (Å²) in [7, 11) is 0. The monoisotopic (exact) mass is 166 g/mol. The molecule has 0 aliphatic heterocycles. The molecular formula is C10H18N2. The van der Waals surface area contributed by atoms with E-state index in [4.69, 9.17) is 11.5 Å². The van der Waals surface area contributed by atoms with Gasteiger partial charge in [0.05, 0.1) is 5.82 Å². The molecule has 0 saturated carbocycles. The average molecular weight is 166 g/mol. The largest absolute Gasteiger partial charge is 0.386 e. The predicted octanol–water partition coefficient (Wildman–Crippen LogP) is 1.90. The van der Waals surface area contributed by atoms with Crippen LogP contribution in [-0.2, 0) is 0 Å². The molecule has 0 aromatic rings. The minimum Gasteiger partial charge on any atom is -0.386 e. The summed E-state index contributed by atoms with van der Waals surface area (Å²) in [6.45, 7) is 6.32. The number of allylic oxidation sites excluding steroid dienone is 5. The van der Waals surface area contributed by atoms with E-state index in [0.29, 0.717) is 11.7 Å². The minimum absolute atomic E-state index is 0.338. The Morgan fingerprint density at radius 1 is 1.25 bits per heavy atom. The standard InChI is InChI=1S/C10H18N2/c1-4-9(8(2)3)6-5-7-10(11)12/h4-8H,11-12H2,1-3H3/b6-5-,9-4+. The molecule has 0 atom stereocenters. The Morgan fingerprint density at radius 2 is 1.83 bits per heavy atom. The molecule has 0 fully saturated rings. The van der Waals surface area contributed by atoms with E-state index in [2.05, 4.69) is 19.9 Å². The molecule has 0 spiro atoms. The van der Waals surface area contributed by atoms with E-state index >= 15 is 0 Å². The summed E-state index contributed by atoms with van der Waals surface area (Å²) in [5, 5.41) is 0. The predicted molar refractivity (Wildman–Crippen MR) is 54.2 cm³/mol. The Hall–Kier alpha value is -1.18. The Morgan fingerprint density at radius 3 is 2.17 bits per heavy atom. The van der Waals surface area contributed by atoms with E-state index in [0.717, 1.165) is 0 Å². The van der Waals surface area contributed by atoms with Gasteiger partial charge in [-0.25, -0.2) is 0 Å². The zero-order valence-electron chi connectivity index (χ0n) is 8.04. The Labute approximate surface area is 74.6 Å². The highest BCUT2D eigenvalue weighted by Gasteiger charge is 1.94. The van der Waals surface area contributed by atoms with Crippen LogP contribution in [0.2, 0.25) is 0 Å². The summed E-state index contributed by atoms with van der Waals surface area (Å²) in [5.74, 6) is 0.879. The fourth-order valence-electron chi connectivity index (χ4n) is 0.892. The van der Waals surface area contributed by atoms with E-state index < -0.39 is 0 Å². The van der Waals surface area contributed by atoms with Gasteiger partial charge >= 0.3 is 0 Å². The fourth-order valence-corrected chi connectivity index (χ4v) is 0.892. The van der Waals surface area contributed by atoms with Gasteiger partial charge in [0.2, 0.25) is 0 Å². The lowest BCUT2D eigenvalue weighted by Gasteiger charge is -2.03. The number of nitrogens with two attached hydrogens (primary N) is 2. The second kappa shape index (κ2) is 5.47. The first-order valence-electron chi connectivity index (χ1n) is 4.13. The summed E-state index contributed by atoms with van der Waals surface area (Å²) in [4.78, 5) is 0. The normalized spacial score (nSPS) is 12.5. The van der Waals surface area contributed by atoms with Gasteiger partial charge in [0.1, 0.15) is 0 Å². The highest BCUT2D eigenvalue weighted by atomic mass is 14.8. The molecule has 4 N–H and O–H groups in total. The Bertz CT molecular complexity index is 206. The number of hydrogen-bond acceptors (Lipinski definition) is 2. The lowest BCUT2D eigenvalue weighted by molar-refractivity contribution is 0.789. The maximum atomic E-state index is 5.26. The van der Waals surface area contributed by atoms with Gasteiger partial charge in [-0.2, -0.15) is 0 Å². The highest BCUT2D eigenvalue weighted by Crippen LogP contribution is 2.10. The molecule has 68 valence electrons. The van der Waals surface area contributed by atoms with Crippen molar-refractivity contribution in [1.82, 2.24) is 0 Å². The summed E-state index contributed by atoms with van der Waals surface area (Å²) in [6.07, 6.45) is 7.66. The van der Waals surface area contributed by atoms with Crippen LogP contribution in [0.4, 0.5) is 0 Å². The smallest absolute Gasteiger partial charge is 0.0933 e. The van der Waals surface area contributed by atoms with Crippen molar-refractivity contribution < 1.29 is 0 Å². The van der Waals surface area contributed by atoms with Crippen molar-refractivity contribution in [2.24, 2.45) is 17.4 Å². The van der Waals surface area contributed by atoms with Gasteiger partial charge in [-0.15, -0.1) is 0 Å². The molecule has 0 saturated heterocycles. The van der Waals surface area contributed by atoms with Crippen molar-refractivity contribution in [3.8, 4) is 0 Å². The second-order valence-electron chi connectivity index (χ2n) is 2.97. The minimum atomic E-state index is 0.338. The topological polar surface area (TPSA) is 52.0 Å². The van der Waals surface area contributed by atoms with Crippen molar-refractivity contribution in [3.63, 3.8) is 0 Å². The van der Waals surface area contributed by atoms with Gasteiger partial charge in [0, 0.05) is 0 Å². The van der Waals surface area contributed by atoms with Gasteiger partial charge in [0.15, 0.2) is 0 Å². The number of rotatable bonds is 3. The molecule has 0 aromatic carbocycles. The van der Waals surface area contributed by atoms with Crippen LogP contribution in [-0.4, -0.2) is 0 Å². The van der Waals surface area contributed by atoms with Crippen LogP contribution in [0.1, 0.15) is 20.8 Å². The first-order chi connectivity index (χ1) is 5.57. The zero-order valence-corrected chi connectivity index (χ0v) is 8.04. The molecule has 0 rings (SSSR count). The molecule has 0 heterocycles. The van der Waals surface area contributed by atoms with Crippen molar-refractivity contribution in [1.29, 1.82) is 0 Å². The van der Waals surface area contributed by atoms with E-state index in [1.54, 1.807) is 6.08 Å². The third-order valence-electron chi connectivity index (χ3n) is 1.58. The fraction of sp³-hybridized carbons (Fsp3) is 0.400. The Balaban J connectivity index is 4.23. The zero-order chi connectivity index (χ0) is 9.56. The first kappa shape index (κ1) is 10.8. The van der Waals surface area contributed by atoms with E-state index in [-0.39, 0.29) is 0 Å². The molecule has 0 aliphatic rings. The summed E-state index contributed by atoms with van der Waals surface area (Å²) >= 11 is 0. The third kappa shape index (κ3) is 4.61. The van der Waals surface area contributed by atoms with Gasteiger partial charge in [-0.1, -0.05) is 32.1 Å². The van der Waals surface area contributed by atoms with Crippen molar-refractivity contribution >= 4 is 0 Å². The lowest BCUT2D eigenvalue weighted by atomic mass is 10.0. The Kier molecular flexibility index (Phi) is 4.93. The van der Waals surface area contributed by atoms with E-state index in [1.807, 2.05) is 19.1 Å². The molecule has 0 aromatic heterocycles. The van der Waals surface area contributed by atoms with Crippen LogP contribution in [0, 0.1) is 5.92 Å². The van der Waals surface area contributed by atoms with Crippen LogP contribution >= 0.6 is 0 Å². The molecule has 0 unspecified atom stereocenters. The maximum Gasteiger partial charge on any atom is 0.0933 e. The molecular weight excluding hydrogens is 148 g/mol. The van der Waals surface area contributed by atoms with Crippen molar-refractivity contribution in [2.75, 3.05) is 0 Å². The van der Waals surface area contributed by atoms with Gasteiger partial charge in [-0.3, -0.25) is 0 Å². The van der Waals surface area contributed by atoms with Gasteiger partial charge in [-0.05, 0) is 24.5 Å². The summed E-state index contributed by atoms with van der Waals surface area (Å²) < 4.78 is 0. The van der Waals surface area contributed by atoms with Crippen molar-refractivity contribution in [2.45, 2.75) is 20.8 Å². The quantitative estimate of drug-likeness (QED) is 0.629. The molecule has 2 heteroatoms. The molecule has 12 heavy (non-hydrogen) atoms. The summed E-state index contributed by atoms with van der Waals surface area (Å²) in [6, 6.07) is 0. The van der Waals surface area contributed by atoms with Gasteiger partial charge in [0.25, 0.3) is 0 Å². The van der Waals surface area contributed by atoms with Crippen LogP contribution in [0.25, 0.3) is 0 Å². The highest BCUT2D eigenvalue weighted by molar-refractivity contribution is 5.23. The lowest BCUT2D eigenvalue weighted by Crippen LogP contribution is -2.06. The second-order valence-corrected chi connectivity index (χ2v) is 2.97. The maximum absolute atomic E-state index is 5.26. The van der Waals surface area contributed by atoms with Crippen LogP contribution in [0.3, 0.4) is 0 Å². The summed E-state index contributed by atoms with van der Waals surface area (Å²) in [5.41, 5.74) is 11.8. The molecule has 2 nitrogen and oxygen atoms in total. The van der Waals surface area contributed by atoms with Gasteiger partial charge < -0.3 is 11.5 Å². The first-order valence-corrected chi connectivity index (χ1v) is 4.13. The van der Waals surface area contributed by atoms with E-state index in [9.17, 15) is 0 Å². The van der Waals surface area contributed by atoms with Crippen LogP contribution < -0.4 is 11.5 Å². The average Bonchev–Trinajstić information content (AvgIpc) is 1.96.